The van der Waals surface area contributed by atoms with Gasteiger partial charge in [-0.05, 0) is 30.5 Å². The van der Waals surface area contributed by atoms with Crippen LogP contribution in [0.2, 0.25) is 5.02 Å². The molecule has 108 valence electrons. The second-order valence-electron chi connectivity index (χ2n) is 4.77. The number of halogens is 1. The Labute approximate surface area is 122 Å². The van der Waals surface area contributed by atoms with Crippen molar-refractivity contribution >= 4 is 23.5 Å². The fourth-order valence-electron chi connectivity index (χ4n) is 1.90. The summed E-state index contributed by atoms with van der Waals surface area (Å²) in [5.74, 6) is -1.25. The maximum atomic E-state index is 12.1. The topological polar surface area (TPSA) is 66.8 Å². The molecule has 2 rings (SSSR count). The number of carboxylic acids is 1. The molecule has 1 aromatic carbocycles. The van der Waals surface area contributed by atoms with Crippen molar-refractivity contribution in [3.05, 3.63) is 34.9 Å². The van der Waals surface area contributed by atoms with Gasteiger partial charge in [-0.2, -0.15) is 0 Å². The summed E-state index contributed by atoms with van der Waals surface area (Å²) < 4.78 is 4.86. The molecule has 1 amide bonds. The van der Waals surface area contributed by atoms with E-state index in [2.05, 4.69) is 0 Å². The van der Waals surface area contributed by atoms with Gasteiger partial charge in [0.05, 0.1) is 0 Å². The second-order valence-corrected chi connectivity index (χ2v) is 5.20. The zero-order chi connectivity index (χ0) is 14.5. The third kappa shape index (κ3) is 4.51. The monoisotopic (exact) mass is 297 g/mol. The van der Waals surface area contributed by atoms with E-state index in [4.69, 9.17) is 21.4 Å². The normalized spacial score (nSPS) is 14.1. The van der Waals surface area contributed by atoms with Crippen molar-refractivity contribution in [1.82, 2.24) is 4.90 Å². The number of hydrogen-bond donors (Lipinski definition) is 1. The zero-order valence-electron chi connectivity index (χ0n) is 10.9. The Morgan fingerprint density at radius 2 is 1.90 bits per heavy atom. The van der Waals surface area contributed by atoms with E-state index in [-0.39, 0.29) is 18.6 Å². The van der Waals surface area contributed by atoms with E-state index in [1.165, 1.54) is 0 Å². The molecule has 20 heavy (non-hydrogen) atoms. The quantitative estimate of drug-likeness (QED) is 0.835. The van der Waals surface area contributed by atoms with Crippen LogP contribution in [0.5, 0.6) is 0 Å². The highest BCUT2D eigenvalue weighted by Crippen LogP contribution is 2.28. The van der Waals surface area contributed by atoms with Gasteiger partial charge in [0.15, 0.2) is 0 Å². The van der Waals surface area contributed by atoms with Crippen LogP contribution in [0.1, 0.15) is 18.4 Å². The molecule has 0 aliphatic heterocycles. The van der Waals surface area contributed by atoms with Crippen LogP contribution in [0.25, 0.3) is 0 Å². The maximum absolute atomic E-state index is 12.1. The summed E-state index contributed by atoms with van der Waals surface area (Å²) in [6.07, 6.45) is 1.97. The Morgan fingerprint density at radius 1 is 1.25 bits per heavy atom. The van der Waals surface area contributed by atoms with E-state index in [0.717, 1.165) is 18.4 Å². The lowest BCUT2D eigenvalue weighted by Crippen LogP contribution is -2.35. The first kappa shape index (κ1) is 14.8. The number of benzene rings is 1. The SMILES string of the molecule is O=C(O)COCC(=O)N(Cc1ccc(Cl)cc1)C1CC1. The molecule has 1 saturated carbocycles. The minimum atomic E-state index is -1.08. The lowest BCUT2D eigenvalue weighted by Gasteiger charge is -2.22. The summed E-state index contributed by atoms with van der Waals surface area (Å²) in [6.45, 7) is -0.154. The molecular formula is C14H16ClNO4. The average Bonchev–Trinajstić information content (AvgIpc) is 3.21. The first-order chi connectivity index (χ1) is 9.56. The highest BCUT2D eigenvalue weighted by atomic mass is 35.5. The Kier molecular flexibility index (Phi) is 4.98. The van der Waals surface area contributed by atoms with Crippen LogP contribution in [0.3, 0.4) is 0 Å². The zero-order valence-corrected chi connectivity index (χ0v) is 11.7. The van der Waals surface area contributed by atoms with Crippen molar-refractivity contribution in [3.8, 4) is 0 Å². The van der Waals surface area contributed by atoms with Crippen LogP contribution >= 0.6 is 11.6 Å². The highest BCUT2D eigenvalue weighted by Gasteiger charge is 2.32. The fourth-order valence-corrected chi connectivity index (χ4v) is 2.03. The first-order valence-corrected chi connectivity index (χ1v) is 6.77. The van der Waals surface area contributed by atoms with Gasteiger partial charge in [0.25, 0.3) is 0 Å². The smallest absolute Gasteiger partial charge is 0.329 e. The Hall–Kier alpha value is -1.59. The van der Waals surface area contributed by atoms with Crippen LogP contribution in [-0.4, -0.2) is 41.1 Å². The number of ether oxygens (including phenoxy) is 1. The largest absolute Gasteiger partial charge is 0.480 e. The minimum Gasteiger partial charge on any atom is -0.480 e. The molecule has 1 aromatic rings. The van der Waals surface area contributed by atoms with E-state index in [9.17, 15) is 9.59 Å². The summed E-state index contributed by atoms with van der Waals surface area (Å²) in [5, 5.41) is 9.14. The first-order valence-electron chi connectivity index (χ1n) is 6.39. The molecule has 0 bridgehead atoms. The molecule has 0 heterocycles. The number of rotatable bonds is 7. The van der Waals surface area contributed by atoms with Crippen LogP contribution < -0.4 is 0 Å². The molecule has 0 aromatic heterocycles. The molecule has 1 aliphatic rings. The van der Waals surface area contributed by atoms with Gasteiger partial charge in [0.2, 0.25) is 5.91 Å². The second kappa shape index (κ2) is 6.72. The molecule has 5 nitrogen and oxygen atoms in total. The molecule has 0 spiro atoms. The number of carbonyl (C=O) groups excluding carboxylic acids is 1. The van der Waals surface area contributed by atoms with Gasteiger partial charge < -0.3 is 14.7 Å². The van der Waals surface area contributed by atoms with Gasteiger partial charge in [-0.1, -0.05) is 23.7 Å². The summed E-state index contributed by atoms with van der Waals surface area (Å²) >= 11 is 5.83. The average molecular weight is 298 g/mol. The number of hydrogen-bond acceptors (Lipinski definition) is 3. The van der Waals surface area contributed by atoms with Crippen molar-refractivity contribution in [3.63, 3.8) is 0 Å². The molecule has 0 radical (unpaired) electrons. The standard InChI is InChI=1S/C14H16ClNO4/c15-11-3-1-10(2-4-11)7-16(12-5-6-12)13(17)8-20-9-14(18)19/h1-4,12H,5-9H2,(H,18,19). The third-order valence-electron chi connectivity index (χ3n) is 3.03. The number of amides is 1. The van der Waals surface area contributed by atoms with E-state index < -0.39 is 12.6 Å². The number of aliphatic carboxylic acids is 1. The van der Waals surface area contributed by atoms with Crippen molar-refractivity contribution in [2.24, 2.45) is 0 Å². The fraction of sp³-hybridized carbons (Fsp3) is 0.429. The van der Waals surface area contributed by atoms with Crippen LogP contribution in [0.4, 0.5) is 0 Å². The van der Waals surface area contributed by atoms with E-state index in [1.807, 2.05) is 12.1 Å². The molecule has 1 aliphatic carbocycles. The van der Waals surface area contributed by atoms with E-state index in [0.29, 0.717) is 11.6 Å². The van der Waals surface area contributed by atoms with Gasteiger partial charge in [-0.25, -0.2) is 4.79 Å². The summed E-state index contributed by atoms with van der Waals surface area (Å²) in [7, 11) is 0. The summed E-state index contributed by atoms with van der Waals surface area (Å²) in [4.78, 5) is 24.2. The highest BCUT2D eigenvalue weighted by molar-refractivity contribution is 6.30. The van der Waals surface area contributed by atoms with Crippen LogP contribution in [-0.2, 0) is 20.9 Å². The van der Waals surface area contributed by atoms with E-state index in [1.54, 1.807) is 17.0 Å². The Morgan fingerprint density at radius 3 is 2.45 bits per heavy atom. The third-order valence-corrected chi connectivity index (χ3v) is 3.28. The summed E-state index contributed by atoms with van der Waals surface area (Å²) in [5.41, 5.74) is 0.993. The minimum absolute atomic E-state index is 0.177. The molecular weight excluding hydrogens is 282 g/mol. The van der Waals surface area contributed by atoms with Gasteiger partial charge >= 0.3 is 5.97 Å². The molecule has 0 saturated heterocycles. The van der Waals surface area contributed by atoms with Crippen LogP contribution in [0.15, 0.2) is 24.3 Å². The van der Waals surface area contributed by atoms with Crippen molar-refractivity contribution in [1.29, 1.82) is 0 Å². The maximum Gasteiger partial charge on any atom is 0.329 e. The van der Waals surface area contributed by atoms with E-state index >= 15 is 0 Å². The van der Waals surface area contributed by atoms with Crippen molar-refractivity contribution in [2.75, 3.05) is 13.2 Å². The van der Waals surface area contributed by atoms with Gasteiger partial charge in [-0.3, -0.25) is 4.79 Å². The molecule has 0 unspecified atom stereocenters. The lowest BCUT2D eigenvalue weighted by molar-refractivity contribution is -0.146. The van der Waals surface area contributed by atoms with Crippen molar-refractivity contribution in [2.45, 2.75) is 25.4 Å². The summed E-state index contributed by atoms with van der Waals surface area (Å²) in [6, 6.07) is 7.57. The molecule has 1 fully saturated rings. The number of carbonyl (C=O) groups is 2. The molecule has 6 heteroatoms. The lowest BCUT2D eigenvalue weighted by atomic mass is 10.2. The van der Waals surface area contributed by atoms with Crippen molar-refractivity contribution < 1.29 is 19.4 Å². The predicted molar refractivity (Wildman–Crippen MR) is 73.5 cm³/mol. The Balaban J connectivity index is 1.91. The van der Waals surface area contributed by atoms with Crippen LogP contribution in [0, 0.1) is 0 Å². The molecule has 0 atom stereocenters. The van der Waals surface area contributed by atoms with Gasteiger partial charge in [0.1, 0.15) is 13.2 Å². The Bertz CT molecular complexity index is 484. The molecule has 1 N–H and O–H groups in total. The van der Waals surface area contributed by atoms with Gasteiger partial charge in [0, 0.05) is 17.6 Å². The number of nitrogens with zero attached hydrogens (tertiary/aromatic N) is 1. The predicted octanol–water partition coefficient (Wildman–Crippen LogP) is 1.93. The number of carboxylic acid groups (broad SMARTS) is 1. The van der Waals surface area contributed by atoms with Gasteiger partial charge in [-0.15, -0.1) is 0 Å².